The Morgan fingerprint density at radius 1 is 1.17 bits per heavy atom. The van der Waals surface area contributed by atoms with Crippen molar-refractivity contribution in [2.24, 2.45) is 0 Å². The molecule has 7 nitrogen and oxygen atoms in total. The molecular weight excluding hydrogens is 332 g/mol. The molecule has 126 valence electrons. The number of hydrogen-bond acceptors (Lipinski definition) is 5. The molecule has 0 fully saturated rings. The lowest BCUT2D eigenvalue weighted by atomic mass is 9.96. The van der Waals surface area contributed by atoms with Crippen LogP contribution in [0.4, 0.5) is 5.69 Å². The summed E-state index contributed by atoms with van der Waals surface area (Å²) in [6.45, 7) is -0.238. The maximum Gasteiger partial charge on any atom is 0.289 e. The molecule has 0 spiro atoms. The first-order valence-corrected chi connectivity index (χ1v) is 8.86. The van der Waals surface area contributed by atoms with Crippen LogP contribution in [0, 0.1) is 10.1 Å². The zero-order chi connectivity index (χ0) is 17.4. The molecule has 0 heterocycles. The number of para-hydroxylation sites is 1. The van der Waals surface area contributed by atoms with E-state index in [4.69, 9.17) is 0 Å². The smallest absolute Gasteiger partial charge is 0.289 e. The Morgan fingerprint density at radius 3 is 2.58 bits per heavy atom. The summed E-state index contributed by atoms with van der Waals surface area (Å²) in [7, 11) is -4.12. The quantitative estimate of drug-likeness (QED) is 0.631. The second-order valence-electron chi connectivity index (χ2n) is 5.74. The van der Waals surface area contributed by atoms with E-state index in [9.17, 15) is 23.6 Å². The van der Waals surface area contributed by atoms with E-state index in [-0.39, 0.29) is 6.54 Å². The van der Waals surface area contributed by atoms with Gasteiger partial charge in [0.15, 0.2) is 4.90 Å². The highest BCUT2D eigenvalue weighted by atomic mass is 32.2. The largest absolute Gasteiger partial charge is 0.384 e. The summed E-state index contributed by atoms with van der Waals surface area (Å²) in [5.74, 6) is 0. The van der Waals surface area contributed by atoms with Crippen LogP contribution in [0.1, 0.15) is 17.5 Å². The molecule has 24 heavy (non-hydrogen) atoms. The van der Waals surface area contributed by atoms with Crippen LogP contribution >= 0.6 is 0 Å². The highest BCUT2D eigenvalue weighted by Crippen LogP contribution is 2.36. The van der Waals surface area contributed by atoms with Crippen LogP contribution in [0.25, 0.3) is 0 Å². The number of aryl methyl sites for hydroxylation is 1. The average Bonchev–Trinajstić information content (AvgIpc) is 2.91. The van der Waals surface area contributed by atoms with E-state index in [2.05, 4.69) is 4.72 Å². The molecule has 0 aromatic heterocycles. The minimum absolute atomic E-state index is 0.238. The monoisotopic (exact) mass is 348 g/mol. The van der Waals surface area contributed by atoms with Gasteiger partial charge >= 0.3 is 0 Å². The number of rotatable bonds is 5. The molecule has 1 aliphatic rings. The van der Waals surface area contributed by atoms with Crippen LogP contribution in [-0.2, 0) is 22.0 Å². The summed E-state index contributed by atoms with van der Waals surface area (Å²) in [6, 6.07) is 12.4. The summed E-state index contributed by atoms with van der Waals surface area (Å²) in [5, 5.41) is 21.8. The van der Waals surface area contributed by atoms with Gasteiger partial charge in [-0.05, 0) is 30.0 Å². The molecule has 3 rings (SSSR count). The number of fused-ring (bicyclic) bond motifs is 1. The third-order valence-electron chi connectivity index (χ3n) is 4.23. The first kappa shape index (κ1) is 16.6. The lowest BCUT2D eigenvalue weighted by Gasteiger charge is -2.24. The van der Waals surface area contributed by atoms with Crippen LogP contribution < -0.4 is 4.72 Å². The molecule has 2 N–H and O–H groups in total. The van der Waals surface area contributed by atoms with E-state index < -0.39 is 31.1 Å². The van der Waals surface area contributed by atoms with Gasteiger partial charge in [-0.25, -0.2) is 13.1 Å². The number of sulfonamides is 1. The van der Waals surface area contributed by atoms with Crippen molar-refractivity contribution < 1.29 is 18.4 Å². The molecule has 0 bridgehead atoms. The Kier molecular flexibility index (Phi) is 4.12. The van der Waals surface area contributed by atoms with Gasteiger partial charge in [-0.1, -0.05) is 36.4 Å². The molecule has 0 amide bonds. The van der Waals surface area contributed by atoms with Gasteiger partial charge in [0.25, 0.3) is 5.69 Å². The summed E-state index contributed by atoms with van der Waals surface area (Å²) < 4.78 is 27.2. The van der Waals surface area contributed by atoms with Crippen molar-refractivity contribution in [2.75, 3.05) is 6.54 Å². The molecule has 1 unspecified atom stereocenters. The van der Waals surface area contributed by atoms with Crippen LogP contribution in [0.15, 0.2) is 53.4 Å². The maximum atomic E-state index is 12.4. The van der Waals surface area contributed by atoms with E-state index in [1.807, 2.05) is 12.1 Å². The Balaban J connectivity index is 1.86. The average molecular weight is 348 g/mol. The van der Waals surface area contributed by atoms with Crippen molar-refractivity contribution in [2.45, 2.75) is 23.3 Å². The SMILES string of the molecule is O=[N+]([O-])c1ccccc1S(=O)(=O)NCC1(O)CCc2ccccc21. The van der Waals surface area contributed by atoms with Crippen molar-refractivity contribution in [3.8, 4) is 0 Å². The van der Waals surface area contributed by atoms with Crippen molar-refractivity contribution in [3.63, 3.8) is 0 Å². The number of hydrogen-bond donors (Lipinski definition) is 2. The molecule has 8 heteroatoms. The molecule has 1 atom stereocenters. The lowest BCUT2D eigenvalue weighted by molar-refractivity contribution is -0.387. The van der Waals surface area contributed by atoms with Crippen molar-refractivity contribution in [3.05, 3.63) is 69.8 Å². The Bertz CT molecular complexity index is 897. The fraction of sp³-hybridized carbons (Fsp3) is 0.250. The van der Waals surface area contributed by atoms with Crippen molar-refractivity contribution >= 4 is 15.7 Å². The number of nitro groups is 1. The van der Waals surface area contributed by atoms with Crippen LogP contribution in [0.2, 0.25) is 0 Å². The fourth-order valence-electron chi connectivity index (χ4n) is 2.98. The summed E-state index contributed by atoms with van der Waals surface area (Å²) in [5.41, 5.74) is -0.142. The molecule has 0 radical (unpaired) electrons. The van der Waals surface area contributed by atoms with Crippen molar-refractivity contribution in [1.29, 1.82) is 0 Å². The van der Waals surface area contributed by atoms with E-state index in [0.717, 1.165) is 11.6 Å². The van der Waals surface area contributed by atoms with E-state index in [0.29, 0.717) is 18.4 Å². The summed E-state index contributed by atoms with van der Waals surface area (Å²) in [6.07, 6.45) is 1.05. The minimum atomic E-state index is -4.12. The van der Waals surface area contributed by atoms with Crippen LogP contribution in [0.5, 0.6) is 0 Å². The zero-order valence-electron chi connectivity index (χ0n) is 12.7. The van der Waals surface area contributed by atoms with Gasteiger partial charge in [0.1, 0.15) is 5.60 Å². The van der Waals surface area contributed by atoms with Crippen LogP contribution in [-0.4, -0.2) is 25.0 Å². The van der Waals surface area contributed by atoms with E-state index in [1.54, 1.807) is 12.1 Å². The number of nitrogens with zero attached hydrogens (tertiary/aromatic N) is 1. The maximum absolute atomic E-state index is 12.4. The fourth-order valence-corrected chi connectivity index (χ4v) is 4.24. The predicted molar refractivity (Wildman–Crippen MR) is 86.9 cm³/mol. The third kappa shape index (κ3) is 2.91. The van der Waals surface area contributed by atoms with Gasteiger partial charge in [0, 0.05) is 12.6 Å². The Morgan fingerprint density at radius 2 is 1.83 bits per heavy atom. The van der Waals surface area contributed by atoms with Crippen molar-refractivity contribution in [1.82, 2.24) is 4.72 Å². The van der Waals surface area contributed by atoms with Gasteiger partial charge in [0.2, 0.25) is 10.0 Å². The highest BCUT2D eigenvalue weighted by molar-refractivity contribution is 7.89. The molecule has 2 aromatic carbocycles. The minimum Gasteiger partial charge on any atom is -0.384 e. The summed E-state index contributed by atoms with van der Waals surface area (Å²) >= 11 is 0. The number of nitrogens with one attached hydrogen (secondary N) is 1. The van der Waals surface area contributed by atoms with Gasteiger partial charge in [-0.15, -0.1) is 0 Å². The van der Waals surface area contributed by atoms with E-state index in [1.165, 1.54) is 18.2 Å². The second-order valence-corrected chi connectivity index (χ2v) is 7.47. The predicted octanol–water partition coefficient (Wildman–Crippen LogP) is 1.71. The summed E-state index contributed by atoms with van der Waals surface area (Å²) in [4.78, 5) is 9.87. The Hall–Kier alpha value is -2.29. The standard InChI is InChI=1S/C16H16N2O5S/c19-16(10-9-12-5-1-2-6-13(12)16)11-17-24(22,23)15-8-4-3-7-14(15)18(20)21/h1-8,17,19H,9-11H2. The molecule has 0 saturated heterocycles. The second kappa shape index (κ2) is 5.97. The first-order chi connectivity index (χ1) is 11.3. The Labute approximate surface area is 139 Å². The third-order valence-corrected chi connectivity index (χ3v) is 5.68. The van der Waals surface area contributed by atoms with Crippen LogP contribution in [0.3, 0.4) is 0 Å². The molecule has 0 saturated carbocycles. The van der Waals surface area contributed by atoms with Gasteiger partial charge < -0.3 is 5.11 Å². The molecule has 1 aliphatic carbocycles. The van der Waals surface area contributed by atoms with Gasteiger partial charge in [-0.2, -0.15) is 0 Å². The first-order valence-electron chi connectivity index (χ1n) is 7.37. The molecule has 0 aliphatic heterocycles. The highest BCUT2D eigenvalue weighted by Gasteiger charge is 2.38. The normalized spacial score (nSPS) is 19.9. The number of benzene rings is 2. The molecule has 2 aromatic rings. The zero-order valence-corrected chi connectivity index (χ0v) is 13.5. The lowest BCUT2D eigenvalue weighted by Crippen LogP contribution is -2.39. The number of nitro benzene ring substituents is 1. The number of aliphatic hydroxyl groups is 1. The van der Waals surface area contributed by atoms with Gasteiger partial charge in [-0.3, -0.25) is 10.1 Å². The van der Waals surface area contributed by atoms with E-state index >= 15 is 0 Å². The molecular formula is C16H16N2O5S. The van der Waals surface area contributed by atoms with Gasteiger partial charge in [0.05, 0.1) is 4.92 Å². The topological polar surface area (TPSA) is 110 Å².